The summed E-state index contributed by atoms with van der Waals surface area (Å²) in [6.07, 6.45) is 5.08. The van der Waals surface area contributed by atoms with Gasteiger partial charge in [-0.05, 0) is 30.9 Å². The summed E-state index contributed by atoms with van der Waals surface area (Å²) < 4.78 is 13.5. The molecule has 0 bridgehead atoms. The molecule has 1 aliphatic carbocycles. The van der Waals surface area contributed by atoms with Gasteiger partial charge in [-0.25, -0.2) is 4.39 Å². The number of hydrogen-bond donors (Lipinski definition) is 1. The zero-order chi connectivity index (χ0) is 12.3. The average molecular weight is 256 g/mol. The third-order valence-corrected chi connectivity index (χ3v) is 3.47. The van der Waals surface area contributed by atoms with Gasteiger partial charge >= 0.3 is 0 Å². The maximum absolute atomic E-state index is 13.5. The molecule has 1 aliphatic rings. The van der Waals surface area contributed by atoms with Crippen LogP contribution in [0.3, 0.4) is 0 Å². The number of carbonyl (C=O) groups is 1. The number of amides is 1. The average Bonchev–Trinajstić information content (AvgIpc) is 2.77. The molecule has 1 aromatic rings. The van der Waals surface area contributed by atoms with E-state index in [1.807, 2.05) is 0 Å². The van der Waals surface area contributed by atoms with Crippen LogP contribution in [0.2, 0.25) is 5.02 Å². The van der Waals surface area contributed by atoms with E-state index >= 15 is 0 Å². The van der Waals surface area contributed by atoms with Crippen LogP contribution in [0, 0.1) is 11.7 Å². The first-order chi connectivity index (χ1) is 8.16. The molecule has 1 fully saturated rings. The van der Waals surface area contributed by atoms with Gasteiger partial charge in [-0.1, -0.05) is 30.5 Å². The lowest BCUT2D eigenvalue weighted by Crippen LogP contribution is -2.16. The normalized spacial score (nSPS) is 16.1. The quantitative estimate of drug-likeness (QED) is 0.869. The van der Waals surface area contributed by atoms with E-state index in [-0.39, 0.29) is 16.6 Å². The van der Waals surface area contributed by atoms with Crippen LogP contribution in [0.1, 0.15) is 32.1 Å². The second-order valence-corrected chi connectivity index (χ2v) is 4.91. The maximum Gasteiger partial charge on any atom is 0.224 e. The minimum Gasteiger partial charge on any atom is -0.324 e. The Bertz CT molecular complexity index is 416. The van der Waals surface area contributed by atoms with Crippen molar-refractivity contribution < 1.29 is 9.18 Å². The Morgan fingerprint density at radius 1 is 1.41 bits per heavy atom. The summed E-state index contributed by atoms with van der Waals surface area (Å²) in [6.45, 7) is 0. The fourth-order valence-corrected chi connectivity index (χ4v) is 2.45. The van der Waals surface area contributed by atoms with Crippen molar-refractivity contribution in [1.29, 1.82) is 0 Å². The Morgan fingerprint density at radius 2 is 2.12 bits per heavy atom. The van der Waals surface area contributed by atoms with Gasteiger partial charge in [0, 0.05) is 6.42 Å². The molecule has 0 unspecified atom stereocenters. The van der Waals surface area contributed by atoms with Crippen LogP contribution in [0.15, 0.2) is 18.2 Å². The van der Waals surface area contributed by atoms with Crippen molar-refractivity contribution in [1.82, 2.24) is 0 Å². The van der Waals surface area contributed by atoms with E-state index in [9.17, 15) is 9.18 Å². The van der Waals surface area contributed by atoms with Gasteiger partial charge in [0.05, 0.1) is 10.7 Å². The molecule has 0 atom stereocenters. The molecule has 92 valence electrons. The highest BCUT2D eigenvalue weighted by Gasteiger charge is 2.19. The van der Waals surface area contributed by atoms with Gasteiger partial charge in [0.15, 0.2) is 5.82 Å². The first-order valence-electron chi connectivity index (χ1n) is 5.90. The SMILES string of the molecule is O=C(CC1CCCC1)Nc1cccc(Cl)c1F. The minimum atomic E-state index is -0.561. The molecule has 2 nitrogen and oxygen atoms in total. The van der Waals surface area contributed by atoms with Gasteiger partial charge < -0.3 is 5.32 Å². The summed E-state index contributed by atoms with van der Waals surface area (Å²) in [4.78, 5) is 11.7. The largest absolute Gasteiger partial charge is 0.324 e. The van der Waals surface area contributed by atoms with Crippen molar-refractivity contribution in [2.45, 2.75) is 32.1 Å². The van der Waals surface area contributed by atoms with Gasteiger partial charge in [0.25, 0.3) is 0 Å². The molecule has 2 rings (SSSR count). The lowest BCUT2D eigenvalue weighted by molar-refractivity contribution is -0.117. The van der Waals surface area contributed by atoms with Crippen LogP contribution in [0.5, 0.6) is 0 Å². The second kappa shape index (κ2) is 5.50. The third-order valence-electron chi connectivity index (χ3n) is 3.17. The van der Waals surface area contributed by atoms with E-state index in [1.165, 1.54) is 25.0 Å². The van der Waals surface area contributed by atoms with Crippen LogP contribution in [-0.2, 0) is 4.79 Å². The number of carbonyl (C=O) groups excluding carboxylic acids is 1. The van der Waals surface area contributed by atoms with Crippen LogP contribution < -0.4 is 5.32 Å². The Hall–Kier alpha value is -1.09. The molecular weight excluding hydrogens is 241 g/mol. The van der Waals surface area contributed by atoms with Crippen molar-refractivity contribution in [2.75, 3.05) is 5.32 Å². The smallest absolute Gasteiger partial charge is 0.224 e. The molecule has 1 aromatic carbocycles. The molecule has 1 saturated carbocycles. The summed E-state index contributed by atoms with van der Waals surface area (Å²) >= 11 is 5.64. The Morgan fingerprint density at radius 3 is 2.82 bits per heavy atom. The molecular formula is C13H15ClFNO. The first-order valence-corrected chi connectivity index (χ1v) is 6.28. The van der Waals surface area contributed by atoms with Crippen molar-refractivity contribution >= 4 is 23.2 Å². The lowest BCUT2D eigenvalue weighted by Gasteiger charge is -2.10. The van der Waals surface area contributed by atoms with E-state index < -0.39 is 5.82 Å². The Balaban J connectivity index is 1.95. The number of nitrogens with one attached hydrogen (secondary N) is 1. The van der Waals surface area contributed by atoms with Crippen molar-refractivity contribution in [3.63, 3.8) is 0 Å². The zero-order valence-corrected chi connectivity index (χ0v) is 10.3. The van der Waals surface area contributed by atoms with Crippen molar-refractivity contribution in [2.24, 2.45) is 5.92 Å². The fourth-order valence-electron chi connectivity index (χ4n) is 2.28. The highest BCUT2D eigenvalue weighted by molar-refractivity contribution is 6.31. The number of anilines is 1. The predicted octanol–water partition coefficient (Wildman–Crippen LogP) is 4.00. The highest BCUT2D eigenvalue weighted by atomic mass is 35.5. The predicted molar refractivity (Wildman–Crippen MR) is 66.6 cm³/mol. The number of hydrogen-bond acceptors (Lipinski definition) is 1. The number of benzene rings is 1. The summed E-state index contributed by atoms with van der Waals surface area (Å²) in [5.74, 6) is -0.232. The summed E-state index contributed by atoms with van der Waals surface area (Å²) in [6, 6.07) is 4.61. The molecule has 0 saturated heterocycles. The molecule has 4 heteroatoms. The van der Waals surface area contributed by atoms with Gasteiger partial charge in [-0.3, -0.25) is 4.79 Å². The standard InChI is InChI=1S/C13H15ClFNO/c14-10-6-3-7-11(13(10)15)16-12(17)8-9-4-1-2-5-9/h3,6-7,9H,1-2,4-5,8H2,(H,16,17). The number of rotatable bonds is 3. The summed E-state index contributed by atoms with van der Waals surface area (Å²) in [7, 11) is 0. The second-order valence-electron chi connectivity index (χ2n) is 4.50. The molecule has 0 spiro atoms. The van der Waals surface area contributed by atoms with Crippen LogP contribution >= 0.6 is 11.6 Å². The highest BCUT2D eigenvalue weighted by Crippen LogP contribution is 2.28. The van der Waals surface area contributed by atoms with E-state index in [0.29, 0.717) is 12.3 Å². The molecule has 0 heterocycles. The van der Waals surface area contributed by atoms with Crippen molar-refractivity contribution in [3.8, 4) is 0 Å². The maximum atomic E-state index is 13.5. The summed E-state index contributed by atoms with van der Waals surface area (Å²) in [5, 5.41) is 2.61. The van der Waals surface area contributed by atoms with Gasteiger partial charge in [0.2, 0.25) is 5.91 Å². The van der Waals surface area contributed by atoms with E-state index in [2.05, 4.69) is 5.32 Å². The van der Waals surface area contributed by atoms with E-state index in [1.54, 1.807) is 6.07 Å². The summed E-state index contributed by atoms with van der Waals surface area (Å²) in [5.41, 5.74) is 0.167. The van der Waals surface area contributed by atoms with Gasteiger partial charge in [-0.15, -0.1) is 0 Å². The molecule has 1 N–H and O–H groups in total. The zero-order valence-electron chi connectivity index (χ0n) is 9.51. The van der Waals surface area contributed by atoms with E-state index in [4.69, 9.17) is 11.6 Å². The van der Waals surface area contributed by atoms with Crippen molar-refractivity contribution in [3.05, 3.63) is 29.0 Å². The first kappa shape index (κ1) is 12.4. The Kier molecular flexibility index (Phi) is 4.00. The van der Waals surface area contributed by atoms with E-state index in [0.717, 1.165) is 12.8 Å². The molecule has 0 radical (unpaired) electrons. The van der Waals surface area contributed by atoms with Gasteiger partial charge in [-0.2, -0.15) is 0 Å². The van der Waals surface area contributed by atoms with Crippen LogP contribution in [-0.4, -0.2) is 5.91 Å². The molecule has 1 amide bonds. The third kappa shape index (κ3) is 3.19. The fraction of sp³-hybridized carbons (Fsp3) is 0.462. The lowest BCUT2D eigenvalue weighted by atomic mass is 10.0. The molecule has 0 aromatic heterocycles. The molecule has 0 aliphatic heterocycles. The molecule has 17 heavy (non-hydrogen) atoms. The monoisotopic (exact) mass is 255 g/mol. The minimum absolute atomic E-state index is 0.0312. The Labute approximate surface area is 105 Å². The van der Waals surface area contributed by atoms with Gasteiger partial charge in [0.1, 0.15) is 0 Å². The number of halogens is 2. The van der Waals surface area contributed by atoms with Crippen LogP contribution in [0.4, 0.5) is 10.1 Å². The topological polar surface area (TPSA) is 29.1 Å². The van der Waals surface area contributed by atoms with Crippen LogP contribution in [0.25, 0.3) is 0 Å².